The summed E-state index contributed by atoms with van der Waals surface area (Å²) in [6.45, 7) is 12.2. The van der Waals surface area contributed by atoms with Gasteiger partial charge in [0, 0.05) is 83.0 Å². The van der Waals surface area contributed by atoms with Gasteiger partial charge in [0.2, 0.25) is 5.95 Å². The number of allylic oxidation sites excluding steroid dienone is 1. The molecule has 73 heavy (non-hydrogen) atoms. The maximum Gasteiger partial charge on any atom is 0.222 e. The molecule has 2 saturated carbocycles. The van der Waals surface area contributed by atoms with Gasteiger partial charge in [0.05, 0.1) is 72.8 Å². The van der Waals surface area contributed by atoms with Crippen LogP contribution >= 0.6 is 0 Å². The Morgan fingerprint density at radius 3 is 1.77 bits per heavy atom. The molecule has 3 saturated heterocycles. The average molecular weight is 990 g/mol. The predicted octanol–water partition coefficient (Wildman–Crippen LogP) is 8.61. The van der Waals surface area contributed by atoms with Crippen LogP contribution in [0, 0.1) is 40.9 Å². The van der Waals surface area contributed by atoms with E-state index < -0.39 is 0 Å². The molecular formula is C54H67N15O4. The lowest BCUT2D eigenvalue weighted by Gasteiger charge is -2.34. The van der Waals surface area contributed by atoms with Crippen molar-refractivity contribution in [2.24, 2.45) is 0 Å². The molecule has 0 amide bonds. The molecule has 11 rings (SSSR count). The third-order valence-electron chi connectivity index (χ3n) is 13.8. The molecule has 5 aliphatic rings. The van der Waals surface area contributed by atoms with Crippen LogP contribution in [0.15, 0.2) is 80.3 Å². The van der Waals surface area contributed by atoms with Crippen LogP contribution in [-0.4, -0.2) is 115 Å². The van der Waals surface area contributed by atoms with E-state index in [0.717, 1.165) is 149 Å². The first-order valence-electron chi connectivity index (χ1n) is 25.5. The number of fused-ring (bicyclic) bond motifs is 4. The second-order valence-corrected chi connectivity index (χ2v) is 19.0. The van der Waals surface area contributed by atoms with Gasteiger partial charge in [-0.15, -0.1) is 6.58 Å². The molecule has 2 bridgehead atoms. The number of pyridine rings is 2. The molecule has 0 aromatic carbocycles. The van der Waals surface area contributed by atoms with Crippen LogP contribution in [0.4, 0.5) is 23.1 Å². The van der Waals surface area contributed by atoms with Gasteiger partial charge in [0.15, 0.2) is 0 Å². The summed E-state index contributed by atoms with van der Waals surface area (Å²) in [6, 6.07) is 14.9. The van der Waals surface area contributed by atoms with E-state index >= 15 is 0 Å². The summed E-state index contributed by atoms with van der Waals surface area (Å²) in [7, 11) is 1.77. The predicted molar refractivity (Wildman–Crippen MR) is 279 cm³/mol. The molecule has 5 fully saturated rings. The number of hydrogen-bond acceptors (Lipinski definition) is 17. The summed E-state index contributed by atoms with van der Waals surface area (Å²) < 4.78 is 28.3. The number of morpholine rings is 1. The number of nitrogens with one attached hydrogen (secondary N) is 2. The monoisotopic (exact) mass is 990 g/mol. The fourth-order valence-corrected chi connectivity index (χ4v) is 10.3. The van der Waals surface area contributed by atoms with Gasteiger partial charge in [-0.05, 0) is 103 Å². The topological polar surface area (TPSA) is 225 Å². The first kappa shape index (κ1) is 51.8. The summed E-state index contributed by atoms with van der Waals surface area (Å²) in [4.78, 5) is 21.9. The van der Waals surface area contributed by atoms with E-state index in [1.54, 1.807) is 59.3 Å². The maximum absolute atomic E-state index is 9.63. The smallest absolute Gasteiger partial charge is 0.222 e. The van der Waals surface area contributed by atoms with Crippen molar-refractivity contribution in [2.75, 3.05) is 53.7 Å². The number of nitrogens with zero attached hydrogens (tertiary/aromatic N) is 13. The van der Waals surface area contributed by atoms with Crippen molar-refractivity contribution in [3.05, 3.63) is 97.2 Å². The second kappa shape index (κ2) is 25.2. The molecule has 19 heteroatoms. The van der Waals surface area contributed by atoms with E-state index in [2.05, 4.69) is 81.4 Å². The maximum atomic E-state index is 9.63. The molecule has 9 heterocycles. The van der Waals surface area contributed by atoms with Crippen molar-refractivity contribution < 1.29 is 18.9 Å². The van der Waals surface area contributed by atoms with Gasteiger partial charge in [-0.3, -0.25) is 0 Å². The largest absolute Gasteiger partial charge is 0.488 e. The fourth-order valence-electron chi connectivity index (χ4n) is 10.3. The molecule has 3 aliphatic heterocycles. The van der Waals surface area contributed by atoms with Crippen LogP contribution in [0.2, 0.25) is 0 Å². The molecule has 3 unspecified atom stereocenters. The third kappa shape index (κ3) is 13.3. The van der Waals surface area contributed by atoms with E-state index in [9.17, 15) is 10.5 Å². The van der Waals surface area contributed by atoms with E-state index in [-0.39, 0.29) is 18.3 Å². The molecule has 2 N–H and O–H groups in total. The number of aryl methyl sites for hydroxylation is 1. The Morgan fingerprint density at radius 2 is 1.25 bits per heavy atom. The molecule has 3 atom stereocenters. The Labute approximate surface area is 427 Å². The zero-order valence-electron chi connectivity index (χ0n) is 42.4. The Balaban J connectivity index is 0.000000176. The lowest BCUT2D eigenvalue weighted by Crippen LogP contribution is -2.42. The van der Waals surface area contributed by atoms with Gasteiger partial charge < -0.3 is 39.4 Å². The summed E-state index contributed by atoms with van der Waals surface area (Å²) in [6.07, 6.45) is 27.4. The number of rotatable bonds is 11. The highest BCUT2D eigenvalue weighted by Crippen LogP contribution is 2.37. The Morgan fingerprint density at radius 1 is 0.712 bits per heavy atom. The first-order chi connectivity index (χ1) is 35.7. The lowest BCUT2D eigenvalue weighted by atomic mass is 9.93. The number of hydrogen-bond donors (Lipinski definition) is 2. The standard InChI is InChI=1S/C25H31N7O2.C24H27N7O2.C3H6.C2H3N/c1-17-27-10-9-24(29-17)30-19-5-7-21(8-6-19)34-23-12-20(31-11-3-4-22(16-31)33-2)15-32-25(23)18(13-26)14-28-32;25-11-16-12-28-31-13-18(30-14-20-6-7-21(15-30)32-20)10-22(23(16)31)33-19-4-2-17(3-5-19)29-24-26-8-1-9-27-24;1-3-2;1-2-3/h9-10,12,14-15,19,21-22H,3-8,11,16H2,1-2H3,(H,27,29,30);1,8-10,12-13,17,19-21H,2-7,14-15H2,(H,26,27,29);3H,1H2,2H3;1H3. The van der Waals surface area contributed by atoms with Crippen LogP contribution in [0.5, 0.6) is 11.5 Å². The van der Waals surface area contributed by atoms with Crippen LogP contribution in [-0.2, 0) is 9.47 Å². The van der Waals surface area contributed by atoms with Crippen LogP contribution < -0.4 is 29.9 Å². The number of anilines is 4. The van der Waals surface area contributed by atoms with Gasteiger partial charge in [-0.1, -0.05) is 6.08 Å². The lowest BCUT2D eigenvalue weighted by molar-refractivity contribution is 0.0304. The normalized spacial score (nSPS) is 23.1. The van der Waals surface area contributed by atoms with E-state index in [1.165, 1.54) is 6.92 Å². The molecular weight excluding hydrogens is 923 g/mol. The summed E-state index contributed by atoms with van der Waals surface area (Å²) in [5.74, 6) is 3.79. The average Bonchev–Trinajstić information content (AvgIpc) is 4.14. The molecule has 2 aliphatic carbocycles. The first-order valence-corrected chi connectivity index (χ1v) is 25.5. The van der Waals surface area contributed by atoms with Gasteiger partial charge in [0.25, 0.3) is 0 Å². The molecule has 6 aromatic heterocycles. The number of ether oxygens (including phenoxy) is 4. The summed E-state index contributed by atoms with van der Waals surface area (Å²) in [5, 5.41) is 42.4. The van der Waals surface area contributed by atoms with E-state index in [1.807, 2.05) is 38.4 Å². The van der Waals surface area contributed by atoms with Gasteiger partial charge in [-0.2, -0.15) is 26.0 Å². The number of methoxy groups -OCH3 is 1. The highest BCUT2D eigenvalue weighted by atomic mass is 16.5. The van der Waals surface area contributed by atoms with Crippen LogP contribution in [0.25, 0.3) is 11.0 Å². The molecule has 0 spiro atoms. The van der Waals surface area contributed by atoms with Crippen molar-refractivity contribution >= 4 is 34.2 Å². The Kier molecular flexibility index (Phi) is 17.9. The minimum absolute atomic E-state index is 0.0961. The van der Waals surface area contributed by atoms with Crippen LogP contribution in [0.1, 0.15) is 108 Å². The minimum Gasteiger partial charge on any atom is -0.488 e. The quantitative estimate of drug-likeness (QED) is 0.116. The highest BCUT2D eigenvalue weighted by Gasteiger charge is 2.35. The van der Waals surface area contributed by atoms with Crippen molar-refractivity contribution in [3.63, 3.8) is 0 Å². The van der Waals surface area contributed by atoms with Crippen molar-refractivity contribution in [1.82, 2.24) is 39.2 Å². The number of nitriles is 3. The summed E-state index contributed by atoms with van der Waals surface area (Å²) >= 11 is 0. The van der Waals surface area contributed by atoms with Gasteiger partial charge >= 0.3 is 0 Å². The van der Waals surface area contributed by atoms with Gasteiger partial charge in [-0.25, -0.2) is 29.0 Å². The SMILES string of the molecule is C=CC.CC#N.COC1CCCN(c2cc(OC3CCC(Nc4ccnc(C)n4)CC3)c3c(C#N)cnn3c2)C1.N#Cc1cnn2cc(N3CC4CCC(C3)O4)cc(OC3CCC(Nc4ncccn4)CC3)c12. The Bertz CT molecular complexity index is 2860. The Hall–Kier alpha value is -7.53. The third-order valence-corrected chi connectivity index (χ3v) is 13.8. The van der Waals surface area contributed by atoms with Crippen molar-refractivity contribution in [1.29, 1.82) is 15.8 Å². The van der Waals surface area contributed by atoms with Gasteiger partial charge in [0.1, 0.15) is 57.4 Å². The zero-order chi connectivity index (χ0) is 51.1. The zero-order valence-corrected chi connectivity index (χ0v) is 42.4. The number of piperidine rings is 1. The van der Waals surface area contributed by atoms with Crippen molar-refractivity contribution in [2.45, 2.75) is 140 Å². The molecule has 382 valence electrons. The highest BCUT2D eigenvalue weighted by molar-refractivity contribution is 5.74. The molecule has 6 aromatic rings. The van der Waals surface area contributed by atoms with Crippen LogP contribution in [0.3, 0.4) is 0 Å². The van der Waals surface area contributed by atoms with E-state index in [4.69, 9.17) is 24.2 Å². The molecule has 0 radical (unpaired) electrons. The van der Waals surface area contributed by atoms with E-state index in [0.29, 0.717) is 41.4 Å². The van der Waals surface area contributed by atoms with Crippen molar-refractivity contribution in [3.8, 4) is 29.7 Å². The minimum atomic E-state index is 0.0961. The molecule has 19 nitrogen and oxygen atoms in total. The fraction of sp³-hybridized carbons (Fsp3) is 0.500. The number of aromatic nitrogens is 8. The second-order valence-electron chi connectivity index (χ2n) is 19.0. The summed E-state index contributed by atoms with van der Waals surface area (Å²) in [5.41, 5.74) is 4.67.